The molecule has 2 aliphatic rings. The maximum absolute atomic E-state index is 12.0. The van der Waals surface area contributed by atoms with E-state index in [4.69, 9.17) is 4.74 Å². The average Bonchev–Trinajstić information content (AvgIpc) is 2.73. The van der Waals surface area contributed by atoms with Gasteiger partial charge in [0, 0.05) is 31.2 Å². The average molecular weight is 387 g/mol. The molecule has 1 aliphatic carbocycles. The SMILES string of the molecule is O=c1[nH]cnc2cc(NCC3(N4CCOCC4)CCCCC3)c([N+](=O)[O-])cc12. The number of nitrogens with one attached hydrogen (secondary N) is 2. The van der Waals surface area contributed by atoms with Gasteiger partial charge in [0.2, 0.25) is 0 Å². The number of ether oxygens (including phenoxy) is 1. The van der Waals surface area contributed by atoms with Crippen molar-refractivity contribution in [2.45, 2.75) is 37.6 Å². The lowest BCUT2D eigenvalue weighted by atomic mass is 9.79. The van der Waals surface area contributed by atoms with Gasteiger partial charge in [0.05, 0.1) is 35.4 Å². The molecule has 1 saturated carbocycles. The Morgan fingerprint density at radius 3 is 2.71 bits per heavy atom. The summed E-state index contributed by atoms with van der Waals surface area (Å²) in [6.07, 6.45) is 7.01. The van der Waals surface area contributed by atoms with Gasteiger partial charge < -0.3 is 15.0 Å². The van der Waals surface area contributed by atoms with Gasteiger partial charge >= 0.3 is 0 Å². The lowest BCUT2D eigenvalue weighted by Gasteiger charge is -2.48. The number of morpholine rings is 1. The molecule has 150 valence electrons. The molecule has 1 aromatic heterocycles. The van der Waals surface area contributed by atoms with Crippen molar-refractivity contribution < 1.29 is 9.66 Å². The molecule has 9 heteroatoms. The summed E-state index contributed by atoms with van der Waals surface area (Å²) in [5.41, 5.74) is 0.359. The minimum absolute atomic E-state index is 0.0214. The molecule has 0 unspecified atom stereocenters. The van der Waals surface area contributed by atoms with E-state index in [1.54, 1.807) is 6.07 Å². The van der Waals surface area contributed by atoms with Gasteiger partial charge in [0.15, 0.2) is 0 Å². The second-order valence-corrected chi connectivity index (χ2v) is 7.61. The topological polar surface area (TPSA) is 113 Å². The van der Waals surface area contributed by atoms with Crippen LogP contribution in [0.2, 0.25) is 0 Å². The Labute approximate surface area is 162 Å². The molecular weight excluding hydrogens is 362 g/mol. The summed E-state index contributed by atoms with van der Waals surface area (Å²) in [6.45, 7) is 3.86. The first-order valence-corrected chi connectivity index (χ1v) is 9.82. The molecule has 0 atom stereocenters. The van der Waals surface area contributed by atoms with Gasteiger partial charge in [0.1, 0.15) is 5.69 Å². The van der Waals surface area contributed by atoms with E-state index in [0.717, 1.165) is 52.0 Å². The zero-order valence-corrected chi connectivity index (χ0v) is 15.8. The highest BCUT2D eigenvalue weighted by molar-refractivity contribution is 5.86. The number of nitro groups is 1. The molecule has 2 fully saturated rings. The van der Waals surface area contributed by atoms with E-state index in [0.29, 0.717) is 17.7 Å². The fourth-order valence-electron chi connectivity index (χ4n) is 4.51. The van der Waals surface area contributed by atoms with Crippen molar-refractivity contribution in [3.8, 4) is 0 Å². The molecule has 1 saturated heterocycles. The van der Waals surface area contributed by atoms with E-state index in [2.05, 4.69) is 20.2 Å². The van der Waals surface area contributed by atoms with Gasteiger partial charge in [0.25, 0.3) is 11.2 Å². The molecule has 1 aliphatic heterocycles. The number of rotatable bonds is 5. The van der Waals surface area contributed by atoms with Crippen LogP contribution in [-0.4, -0.2) is 58.2 Å². The number of fused-ring (bicyclic) bond motifs is 1. The van der Waals surface area contributed by atoms with E-state index in [1.807, 2.05) is 0 Å². The quantitative estimate of drug-likeness (QED) is 0.598. The van der Waals surface area contributed by atoms with Crippen LogP contribution in [0.5, 0.6) is 0 Å². The summed E-state index contributed by atoms with van der Waals surface area (Å²) in [7, 11) is 0. The van der Waals surface area contributed by atoms with Gasteiger partial charge in [-0.3, -0.25) is 19.8 Å². The maximum atomic E-state index is 12.0. The molecule has 0 radical (unpaired) electrons. The van der Waals surface area contributed by atoms with Gasteiger partial charge in [-0.2, -0.15) is 0 Å². The first-order valence-electron chi connectivity index (χ1n) is 9.82. The van der Waals surface area contributed by atoms with Gasteiger partial charge in [-0.1, -0.05) is 19.3 Å². The van der Waals surface area contributed by atoms with Crippen LogP contribution in [0.1, 0.15) is 32.1 Å². The Balaban J connectivity index is 1.65. The highest BCUT2D eigenvalue weighted by Gasteiger charge is 2.38. The van der Waals surface area contributed by atoms with Crippen LogP contribution < -0.4 is 10.9 Å². The number of H-pyrrole nitrogens is 1. The third-order valence-electron chi connectivity index (χ3n) is 6.03. The van der Waals surface area contributed by atoms with Crippen molar-refractivity contribution in [1.82, 2.24) is 14.9 Å². The van der Waals surface area contributed by atoms with Gasteiger partial charge in [-0.15, -0.1) is 0 Å². The number of benzene rings is 1. The minimum Gasteiger partial charge on any atom is -0.379 e. The number of hydrogen-bond acceptors (Lipinski definition) is 7. The van der Waals surface area contributed by atoms with Crippen LogP contribution in [0.15, 0.2) is 23.3 Å². The standard InChI is InChI=1S/C19H25N5O4/c25-18-14-10-17(24(26)27)16(11-15(14)21-13-22-18)20-12-19(4-2-1-3-5-19)23-6-8-28-9-7-23/h10-11,13,20H,1-9,12H2,(H,21,22,25). The number of nitro benzene ring substituents is 1. The molecule has 2 heterocycles. The first-order chi connectivity index (χ1) is 13.6. The van der Waals surface area contributed by atoms with Crippen molar-refractivity contribution in [3.05, 3.63) is 38.9 Å². The van der Waals surface area contributed by atoms with E-state index < -0.39 is 4.92 Å². The molecule has 2 N–H and O–H groups in total. The van der Waals surface area contributed by atoms with Crippen molar-refractivity contribution in [1.29, 1.82) is 0 Å². The number of aromatic nitrogens is 2. The van der Waals surface area contributed by atoms with E-state index in [9.17, 15) is 14.9 Å². The van der Waals surface area contributed by atoms with Crippen LogP contribution in [0.25, 0.3) is 10.9 Å². The highest BCUT2D eigenvalue weighted by Crippen LogP contribution is 2.36. The molecule has 2 aromatic rings. The summed E-state index contributed by atoms with van der Waals surface area (Å²) < 4.78 is 5.52. The summed E-state index contributed by atoms with van der Waals surface area (Å²) in [6, 6.07) is 2.92. The Bertz CT molecular complexity index is 916. The predicted molar refractivity (Wildman–Crippen MR) is 106 cm³/mol. The Kier molecular flexibility index (Phi) is 5.27. The smallest absolute Gasteiger partial charge is 0.293 e. The lowest BCUT2D eigenvalue weighted by Crippen LogP contribution is -2.58. The van der Waals surface area contributed by atoms with Crippen LogP contribution in [0.3, 0.4) is 0 Å². The Morgan fingerprint density at radius 1 is 1.25 bits per heavy atom. The summed E-state index contributed by atoms with van der Waals surface area (Å²) in [5, 5.41) is 15.2. The summed E-state index contributed by atoms with van der Waals surface area (Å²) in [5.74, 6) is 0. The molecule has 4 rings (SSSR count). The number of aromatic amines is 1. The van der Waals surface area contributed by atoms with Gasteiger partial charge in [-0.25, -0.2) is 4.98 Å². The van der Waals surface area contributed by atoms with Crippen molar-refractivity contribution in [2.24, 2.45) is 0 Å². The van der Waals surface area contributed by atoms with Gasteiger partial charge in [-0.05, 0) is 18.9 Å². The zero-order valence-electron chi connectivity index (χ0n) is 15.8. The van der Waals surface area contributed by atoms with Crippen LogP contribution >= 0.6 is 0 Å². The lowest BCUT2D eigenvalue weighted by molar-refractivity contribution is -0.383. The third-order valence-corrected chi connectivity index (χ3v) is 6.03. The molecule has 1 aromatic carbocycles. The fourth-order valence-corrected chi connectivity index (χ4v) is 4.51. The molecule has 0 bridgehead atoms. The third kappa shape index (κ3) is 3.59. The van der Waals surface area contributed by atoms with Crippen molar-refractivity contribution in [2.75, 3.05) is 38.2 Å². The Hall–Kier alpha value is -2.52. The number of nitrogens with zero attached hydrogens (tertiary/aromatic N) is 3. The second-order valence-electron chi connectivity index (χ2n) is 7.61. The van der Waals surface area contributed by atoms with Crippen molar-refractivity contribution >= 4 is 22.3 Å². The monoisotopic (exact) mass is 387 g/mol. The predicted octanol–water partition coefficient (Wildman–Crippen LogP) is 2.28. The second kappa shape index (κ2) is 7.84. The van der Waals surface area contributed by atoms with Crippen LogP contribution in [-0.2, 0) is 4.74 Å². The molecule has 28 heavy (non-hydrogen) atoms. The number of hydrogen-bond donors (Lipinski definition) is 2. The van der Waals surface area contributed by atoms with E-state index >= 15 is 0 Å². The number of anilines is 1. The normalized spacial score (nSPS) is 20.1. The first kappa shape index (κ1) is 18.8. The Morgan fingerprint density at radius 2 is 2.00 bits per heavy atom. The molecule has 9 nitrogen and oxygen atoms in total. The largest absolute Gasteiger partial charge is 0.379 e. The van der Waals surface area contributed by atoms with Crippen LogP contribution in [0.4, 0.5) is 11.4 Å². The van der Waals surface area contributed by atoms with Crippen LogP contribution in [0, 0.1) is 10.1 Å². The molecule has 0 spiro atoms. The summed E-state index contributed by atoms with van der Waals surface area (Å²) >= 11 is 0. The van der Waals surface area contributed by atoms with Crippen molar-refractivity contribution in [3.63, 3.8) is 0 Å². The van der Waals surface area contributed by atoms with E-state index in [1.165, 1.54) is 18.8 Å². The summed E-state index contributed by atoms with van der Waals surface area (Å²) in [4.78, 5) is 32.2. The molecule has 0 amide bonds. The maximum Gasteiger partial charge on any atom is 0.293 e. The fraction of sp³-hybridized carbons (Fsp3) is 0.579. The highest BCUT2D eigenvalue weighted by atomic mass is 16.6. The molecular formula is C19H25N5O4. The minimum atomic E-state index is -0.448. The zero-order chi connectivity index (χ0) is 19.6. The van der Waals surface area contributed by atoms with E-state index in [-0.39, 0.29) is 22.2 Å².